The second-order valence-corrected chi connectivity index (χ2v) is 7.53. The van der Waals surface area contributed by atoms with Gasteiger partial charge in [-0.25, -0.2) is 17.9 Å². The maximum absolute atomic E-state index is 12.0. The summed E-state index contributed by atoms with van der Waals surface area (Å²) in [5.74, 6) is 0.494. The number of nitrogens with one attached hydrogen (secondary N) is 3. The minimum absolute atomic E-state index is 0.103. The molecule has 1 aromatic heterocycles. The lowest BCUT2D eigenvalue weighted by atomic mass is 10.1. The van der Waals surface area contributed by atoms with E-state index < -0.39 is 16.1 Å². The average molecular weight is 377 g/mol. The molecule has 0 atom stereocenters. The predicted octanol–water partition coefficient (Wildman–Crippen LogP) is 2.27. The summed E-state index contributed by atoms with van der Waals surface area (Å²) in [6, 6.07) is 10.7. The number of amides is 2. The van der Waals surface area contributed by atoms with Crippen LogP contribution < -0.4 is 20.1 Å². The molecule has 0 bridgehead atoms. The van der Waals surface area contributed by atoms with Crippen LogP contribution in [0.15, 0.2) is 40.8 Å². The summed E-state index contributed by atoms with van der Waals surface area (Å²) < 4.78 is 35.4. The number of urea groups is 1. The van der Waals surface area contributed by atoms with Crippen molar-refractivity contribution in [1.29, 1.82) is 0 Å². The van der Waals surface area contributed by atoms with Crippen LogP contribution in [0.4, 0.5) is 10.5 Å². The van der Waals surface area contributed by atoms with Gasteiger partial charge in [-0.1, -0.05) is 18.2 Å². The zero-order chi connectivity index (χ0) is 18.7. The van der Waals surface area contributed by atoms with Gasteiger partial charge in [0.1, 0.15) is 16.9 Å². The topological polar surface area (TPSA) is 110 Å². The number of carbonyl (C=O) groups excluding carboxylic acids is 1. The van der Waals surface area contributed by atoms with Crippen molar-refractivity contribution in [3.8, 4) is 5.75 Å². The molecule has 1 heterocycles. The predicted molar refractivity (Wildman–Crippen MR) is 100 cm³/mol. The zero-order valence-electron chi connectivity index (χ0n) is 14.3. The first kappa shape index (κ1) is 18.0. The average Bonchev–Trinajstić information content (AvgIpc) is 2.94. The highest BCUT2D eigenvalue weighted by molar-refractivity contribution is 7.88. The Labute approximate surface area is 150 Å². The summed E-state index contributed by atoms with van der Waals surface area (Å²) >= 11 is 0. The van der Waals surface area contributed by atoms with E-state index in [0.29, 0.717) is 17.0 Å². The maximum atomic E-state index is 12.0. The van der Waals surface area contributed by atoms with E-state index in [-0.39, 0.29) is 13.1 Å². The fourth-order valence-corrected chi connectivity index (χ4v) is 3.07. The van der Waals surface area contributed by atoms with Crippen molar-refractivity contribution >= 4 is 43.7 Å². The Bertz CT molecular complexity index is 1060. The standard InChI is InChI=1S/C17H19N3O5S/c1-24-16-9-12-11-5-3-4-6-14(11)25-15(12)10-13(16)20-17(21)18-7-8-19-26(2,22)23/h3-6,9-10,19H,7-8H2,1-2H3,(H2,18,20,21). The summed E-state index contributed by atoms with van der Waals surface area (Å²) in [7, 11) is -1.77. The normalized spacial score (nSPS) is 11.6. The number of rotatable bonds is 6. The largest absolute Gasteiger partial charge is 0.495 e. The van der Waals surface area contributed by atoms with Crippen LogP contribution in [0.25, 0.3) is 21.9 Å². The summed E-state index contributed by atoms with van der Waals surface area (Å²) in [4.78, 5) is 12.0. The molecule has 0 aliphatic heterocycles. The Morgan fingerprint density at radius 3 is 2.62 bits per heavy atom. The lowest BCUT2D eigenvalue weighted by Gasteiger charge is -2.11. The van der Waals surface area contributed by atoms with Crippen LogP contribution in [0.2, 0.25) is 0 Å². The molecule has 0 unspecified atom stereocenters. The maximum Gasteiger partial charge on any atom is 0.319 e. The quantitative estimate of drug-likeness (QED) is 0.571. The van der Waals surface area contributed by atoms with Gasteiger partial charge in [0.15, 0.2) is 0 Å². The van der Waals surface area contributed by atoms with Gasteiger partial charge in [-0.2, -0.15) is 0 Å². The van der Waals surface area contributed by atoms with Gasteiger partial charge >= 0.3 is 6.03 Å². The highest BCUT2D eigenvalue weighted by Gasteiger charge is 2.14. The van der Waals surface area contributed by atoms with E-state index >= 15 is 0 Å². The molecule has 3 rings (SSSR count). The van der Waals surface area contributed by atoms with Gasteiger partial charge in [0.2, 0.25) is 10.0 Å². The van der Waals surface area contributed by atoms with Crippen LogP contribution in [-0.2, 0) is 10.0 Å². The van der Waals surface area contributed by atoms with Crippen LogP contribution in [0.5, 0.6) is 5.75 Å². The molecule has 0 fully saturated rings. The highest BCUT2D eigenvalue weighted by atomic mass is 32.2. The fourth-order valence-electron chi connectivity index (χ4n) is 2.60. The number of benzene rings is 2. The highest BCUT2D eigenvalue weighted by Crippen LogP contribution is 2.36. The molecule has 0 saturated heterocycles. The van der Waals surface area contributed by atoms with Crippen molar-refractivity contribution in [2.75, 3.05) is 31.8 Å². The first-order valence-corrected chi connectivity index (χ1v) is 9.75. The van der Waals surface area contributed by atoms with E-state index in [1.165, 1.54) is 7.11 Å². The minimum atomic E-state index is -3.28. The van der Waals surface area contributed by atoms with Crippen molar-refractivity contribution in [3.05, 3.63) is 36.4 Å². The number of furan rings is 1. The summed E-state index contributed by atoms with van der Waals surface area (Å²) in [5, 5.41) is 7.10. The number of hydrogen-bond donors (Lipinski definition) is 3. The third-order valence-electron chi connectivity index (χ3n) is 3.72. The molecule has 0 saturated carbocycles. The van der Waals surface area contributed by atoms with Gasteiger partial charge in [0.05, 0.1) is 19.1 Å². The second kappa shape index (κ2) is 7.22. The third-order valence-corrected chi connectivity index (χ3v) is 4.45. The van der Waals surface area contributed by atoms with Gasteiger partial charge < -0.3 is 19.8 Å². The molecule has 3 N–H and O–H groups in total. The first-order chi connectivity index (χ1) is 12.4. The van der Waals surface area contributed by atoms with E-state index in [1.807, 2.05) is 30.3 Å². The monoisotopic (exact) mass is 377 g/mol. The number of hydrogen-bond acceptors (Lipinski definition) is 5. The number of methoxy groups -OCH3 is 1. The van der Waals surface area contributed by atoms with Gasteiger partial charge in [0, 0.05) is 29.9 Å². The summed E-state index contributed by atoms with van der Waals surface area (Å²) in [6.07, 6.45) is 1.06. The van der Waals surface area contributed by atoms with Crippen LogP contribution in [0.1, 0.15) is 0 Å². The molecular formula is C17H19N3O5S. The lowest BCUT2D eigenvalue weighted by molar-refractivity contribution is 0.252. The smallest absolute Gasteiger partial charge is 0.319 e. The van der Waals surface area contributed by atoms with Gasteiger partial charge in [-0.05, 0) is 12.1 Å². The van der Waals surface area contributed by atoms with Crippen molar-refractivity contribution in [2.45, 2.75) is 0 Å². The number of fused-ring (bicyclic) bond motifs is 3. The van der Waals surface area contributed by atoms with Gasteiger partial charge in [-0.3, -0.25) is 0 Å². The van der Waals surface area contributed by atoms with E-state index in [1.54, 1.807) is 6.07 Å². The number of para-hydroxylation sites is 1. The molecular weight excluding hydrogens is 358 g/mol. The Hall–Kier alpha value is -2.78. The van der Waals surface area contributed by atoms with E-state index in [9.17, 15) is 13.2 Å². The van der Waals surface area contributed by atoms with Crippen molar-refractivity contribution in [2.24, 2.45) is 0 Å². The minimum Gasteiger partial charge on any atom is -0.495 e. The number of sulfonamides is 1. The molecule has 138 valence electrons. The van der Waals surface area contributed by atoms with E-state index in [2.05, 4.69) is 15.4 Å². The SMILES string of the molecule is COc1cc2c(cc1NC(=O)NCCNS(C)(=O)=O)oc1ccccc12. The Morgan fingerprint density at radius 2 is 1.88 bits per heavy atom. The fraction of sp³-hybridized carbons (Fsp3) is 0.235. The summed E-state index contributed by atoms with van der Waals surface area (Å²) in [6.45, 7) is 0.250. The molecule has 0 spiro atoms. The molecule has 0 aliphatic rings. The Morgan fingerprint density at radius 1 is 1.12 bits per heavy atom. The molecule has 26 heavy (non-hydrogen) atoms. The first-order valence-electron chi connectivity index (χ1n) is 7.86. The lowest BCUT2D eigenvalue weighted by Crippen LogP contribution is -2.36. The van der Waals surface area contributed by atoms with Gasteiger partial charge in [0.25, 0.3) is 0 Å². The summed E-state index contributed by atoms with van der Waals surface area (Å²) in [5.41, 5.74) is 1.83. The van der Waals surface area contributed by atoms with Crippen molar-refractivity contribution in [1.82, 2.24) is 10.0 Å². The zero-order valence-corrected chi connectivity index (χ0v) is 15.1. The molecule has 0 aliphatic carbocycles. The molecule has 8 nitrogen and oxygen atoms in total. The van der Waals surface area contributed by atoms with Crippen LogP contribution >= 0.6 is 0 Å². The van der Waals surface area contributed by atoms with Gasteiger partial charge in [-0.15, -0.1) is 0 Å². The molecule has 9 heteroatoms. The van der Waals surface area contributed by atoms with Crippen LogP contribution in [0, 0.1) is 0 Å². The number of ether oxygens (including phenoxy) is 1. The Balaban J connectivity index is 1.76. The second-order valence-electron chi connectivity index (χ2n) is 5.69. The molecule has 3 aromatic rings. The molecule has 2 amide bonds. The number of anilines is 1. The van der Waals surface area contributed by atoms with Crippen molar-refractivity contribution < 1.29 is 22.4 Å². The van der Waals surface area contributed by atoms with Crippen LogP contribution in [-0.4, -0.2) is 40.9 Å². The third kappa shape index (κ3) is 4.06. The molecule has 2 aromatic carbocycles. The number of carbonyl (C=O) groups is 1. The van der Waals surface area contributed by atoms with Crippen molar-refractivity contribution in [3.63, 3.8) is 0 Å². The Kier molecular flexibility index (Phi) is 5.01. The van der Waals surface area contributed by atoms with Crippen LogP contribution in [0.3, 0.4) is 0 Å². The van der Waals surface area contributed by atoms with E-state index in [4.69, 9.17) is 9.15 Å². The van der Waals surface area contributed by atoms with E-state index in [0.717, 1.165) is 22.6 Å². The molecule has 0 radical (unpaired) electrons.